The van der Waals surface area contributed by atoms with Crippen molar-refractivity contribution in [3.05, 3.63) is 28.5 Å². The Hall–Kier alpha value is -1.09. The van der Waals surface area contributed by atoms with E-state index in [1.807, 2.05) is 20.8 Å². The standard InChI is InChI=1S/C16H22ClNO2/c1-16(2,3)13-9-11(10-14(17)18-13)15(19)20-12-7-5-4-6-8-12/h9-10,12H,4-8H2,1-3H3. The third kappa shape index (κ3) is 3.95. The highest BCUT2D eigenvalue weighted by molar-refractivity contribution is 6.29. The molecule has 1 aromatic heterocycles. The number of carbonyl (C=O) groups is 1. The zero-order chi connectivity index (χ0) is 14.8. The Labute approximate surface area is 125 Å². The third-order valence-electron chi connectivity index (χ3n) is 3.62. The number of rotatable bonds is 2. The number of ether oxygens (including phenoxy) is 1. The Balaban J connectivity index is 2.14. The first-order chi connectivity index (χ1) is 9.36. The van der Waals surface area contributed by atoms with Crippen LogP contribution >= 0.6 is 11.6 Å². The molecule has 4 heteroatoms. The van der Waals surface area contributed by atoms with Crippen LogP contribution in [0.1, 0.15) is 68.9 Å². The minimum Gasteiger partial charge on any atom is -0.459 e. The van der Waals surface area contributed by atoms with Gasteiger partial charge in [0.15, 0.2) is 0 Å². The second-order valence-corrected chi connectivity index (χ2v) is 6.87. The Morgan fingerprint density at radius 1 is 1.25 bits per heavy atom. The summed E-state index contributed by atoms with van der Waals surface area (Å²) in [5.74, 6) is -0.285. The van der Waals surface area contributed by atoms with E-state index in [4.69, 9.17) is 16.3 Å². The molecule has 0 radical (unpaired) electrons. The Kier molecular flexibility index (Phi) is 4.69. The van der Waals surface area contributed by atoms with Crippen LogP contribution in [0.15, 0.2) is 12.1 Å². The summed E-state index contributed by atoms with van der Waals surface area (Å²) >= 11 is 6.02. The van der Waals surface area contributed by atoms with Crippen LogP contribution in [0.25, 0.3) is 0 Å². The number of hydrogen-bond donors (Lipinski definition) is 0. The van der Waals surface area contributed by atoms with Gasteiger partial charge in [0.05, 0.1) is 5.56 Å². The molecule has 1 heterocycles. The maximum atomic E-state index is 12.2. The van der Waals surface area contributed by atoms with Crippen LogP contribution in [0.2, 0.25) is 5.15 Å². The van der Waals surface area contributed by atoms with Crippen LogP contribution < -0.4 is 0 Å². The molecule has 1 aromatic rings. The van der Waals surface area contributed by atoms with Crippen LogP contribution in [0.3, 0.4) is 0 Å². The number of hydrogen-bond acceptors (Lipinski definition) is 3. The average Bonchev–Trinajstić information content (AvgIpc) is 2.38. The summed E-state index contributed by atoms with van der Waals surface area (Å²) in [6.45, 7) is 6.13. The van der Waals surface area contributed by atoms with E-state index in [1.165, 1.54) is 6.42 Å². The number of carbonyl (C=O) groups excluding carboxylic acids is 1. The summed E-state index contributed by atoms with van der Waals surface area (Å²) in [4.78, 5) is 16.5. The molecule has 0 spiro atoms. The van der Waals surface area contributed by atoms with E-state index >= 15 is 0 Å². The molecule has 1 aliphatic rings. The molecule has 0 unspecified atom stereocenters. The molecule has 0 atom stereocenters. The fraction of sp³-hybridized carbons (Fsp3) is 0.625. The van der Waals surface area contributed by atoms with Crippen LogP contribution in [-0.2, 0) is 10.2 Å². The fourth-order valence-electron chi connectivity index (χ4n) is 2.40. The van der Waals surface area contributed by atoms with Crippen molar-refractivity contribution in [2.45, 2.75) is 64.4 Å². The van der Waals surface area contributed by atoms with Crippen molar-refractivity contribution in [3.8, 4) is 0 Å². The van der Waals surface area contributed by atoms with Gasteiger partial charge in [0, 0.05) is 11.1 Å². The molecule has 1 aliphatic carbocycles. The maximum Gasteiger partial charge on any atom is 0.338 e. The lowest BCUT2D eigenvalue weighted by Crippen LogP contribution is -2.22. The molecular formula is C16H22ClNO2. The Morgan fingerprint density at radius 2 is 1.90 bits per heavy atom. The van der Waals surface area contributed by atoms with Gasteiger partial charge in [-0.3, -0.25) is 0 Å². The minimum atomic E-state index is -0.285. The SMILES string of the molecule is CC(C)(C)c1cc(C(=O)OC2CCCCC2)cc(Cl)n1. The van der Waals surface area contributed by atoms with Crippen molar-refractivity contribution in [2.75, 3.05) is 0 Å². The normalized spacial score (nSPS) is 17.0. The van der Waals surface area contributed by atoms with Crippen LogP contribution in [-0.4, -0.2) is 17.1 Å². The number of pyridine rings is 1. The maximum absolute atomic E-state index is 12.2. The van der Waals surface area contributed by atoms with Gasteiger partial charge in [-0.2, -0.15) is 0 Å². The monoisotopic (exact) mass is 295 g/mol. The molecular weight excluding hydrogens is 274 g/mol. The molecule has 0 aromatic carbocycles. The Bertz CT molecular complexity index is 488. The number of halogens is 1. The van der Waals surface area contributed by atoms with Gasteiger partial charge in [0.1, 0.15) is 11.3 Å². The lowest BCUT2D eigenvalue weighted by atomic mass is 9.91. The van der Waals surface area contributed by atoms with Crippen LogP contribution in [0.5, 0.6) is 0 Å². The van der Waals surface area contributed by atoms with Gasteiger partial charge < -0.3 is 4.74 Å². The molecule has 0 aliphatic heterocycles. The molecule has 1 fully saturated rings. The zero-order valence-corrected chi connectivity index (χ0v) is 13.2. The topological polar surface area (TPSA) is 39.2 Å². The smallest absolute Gasteiger partial charge is 0.338 e. The van der Waals surface area contributed by atoms with Gasteiger partial charge in [-0.05, 0) is 37.8 Å². The summed E-state index contributed by atoms with van der Waals surface area (Å²) in [6.07, 6.45) is 5.52. The second-order valence-electron chi connectivity index (χ2n) is 6.48. The highest BCUT2D eigenvalue weighted by atomic mass is 35.5. The first kappa shape index (κ1) is 15.3. The molecule has 0 amide bonds. The summed E-state index contributed by atoms with van der Waals surface area (Å²) < 4.78 is 5.57. The minimum absolute atomic E-state index is 0.0567. The van der Waals surface area contributed by atoms with Crippen LogP contribution in [0.4, 0.5) is 0 Å². The van der Waals surface area contributed by atoms with E-state index in [1.54, 1.807) is 12.1 Å². The van der Waals surface area contributed by atoms with E-state index in [0.29, 0.717) is 10.7 Å². The van der Waals surface area contributed by atoms with Gasteiger partial charge in [0.25, 0.3) is 0 Å². The summed E-state index contributed by atoms with van der Waals surface area (Å²) in [7, 11) is 0. The van der Waals surface area contributed by atoms with E-state index < -0.39 is 0 Å². The van der Waals surface area contributed by atoms with Crippen molar-refractivity contribution in [1.29, 1.82) is 0 Å². The number of nitrogens with zero attached hydrogens (tertiary/aromatic N) is 1. The second kappa shape index (κ2) is 6.13. The fourth-order valence-corrected chi connectivity index (χ4v) is 2.61. The largest absolute Gasteiger partial charge is 0.459 e. The van der Waals surface area contributed by atoms with Gasteiger partial charge in [0.2, 0.25) is 0 Å². The van der Waals surface area contributed by atoms with Crippen LogP contribution in [0, 0.1) is 0 Å². The highest BCUT2D eigenvalue weighted by Crippen LogP contribution is 2.25. The molecule has 1 saturated carbocycles. The number of aromatic nitrogens is 1. The molecule has 3 nitrogen and oxygen atoms in total. The quantitative estimate of drug-likeness (QED) is 0.595. The van der Waals surface area contributed by atoms with Crippen molar-refractivity contribution < 1.29 is 9.53 Å². The Morgan fingerprint density at radius 3 is 2.50 bits per heavy atom. The average molecular weight is 296 g/mol. The lowest BCUT2D eigenvalue weighted by Gasteiger charge is -2.22. The first-order valence-corrected chi connectivity index (χ1v) is 7.63. The molecule has 0 saturated heterocycles. The van der Waals surface area contributed by atoms with Gasteiger partial charge in [-0.1, -0.05) is 38.8 Å². The van der Waals surface area contributed by atoms with E-state index in [-0.39, 0.29) is 17.5 Å². The summed E-state index contributed by atoms with van der Waals surface area (Å²) in [5.41, 5.74) is 1.16. The van der Waals surface area contributed by atoms with Gasteiger partial charge >= 0.3 is 5.97 Å². The molecule has 0 bridgehead atoms. The van der Waals surface area contributed by atoms with E-state index in [0.717, 1.165) is 31.4 Å². The predicted octanol–water partition coefficient (Wildman–Crippen LogP) is 4.52. The summed E-state index contributed by atoms with van der Waals surface area (Å²) in [5, 5.41) is 0.341. The van der Waals surface area contributed by atoms with E-state index in [2.05, 4.69) is 4.98 Å². The first-order valence-electron chi connectivity index (χ1n) is 7.25. The summed E-state index contributed by atoms with van der Waals surface area (Å²) in [6, 6.07) is 3.37. The van der Waals surface area contributed by atoms with Crippen molar-refractivity contribution in [1.82, 2.24) is 4.98 Å². The van der Waals surface area contributed by atoms with Crippen molar-refractivity contribution in [2.24, 2.45) is 0 Å². The molecule has 2 rings (SSSR count). The van der Waals surface area contributed by atoms with E-state index in [9.17, 15) is 4.79 Å². The van der Waals surface area contributed by atoms with Gasteiger partial charge in [-0.25, -0.2) is 9.78 Å². The van der Waals surface area contributed by atoms with Crippen molar-refractivity contribution in [3.63, 3.8) is 0 Å². The van der Waals surface area contributed by atoms with Crippen molar-refractivity contribution >= 4 is 17.6 Å². The molecule has 20 heavy (non-hydrogen) atoms. The lowest BCUT2D eigenvalue weighted by molar-refractivity contribution is 0.0211. The molecule has 0 N–H and O–H groups in total. The third-order valence-corrected chi connectivity index (χ3v) is 3.82. The zero-order valence-electron chi connectivity index (χ0n) is 12.4. The highest BCUT2D eigenvalue weighted by Gasteiger charge is 2.22. The predicted molar refractivity (Wildman–Crippen MR) is 80.2 cm³/mol. The van der Waals surface area contributed by atoms with Gasteiger partial charge in [-0.15, -0.1) is 0 Å². The number of esters is 1. The molecule has 110 valence electrons.